The first kappa shape index (κ1) is 18.7. The third-order valence-electron chi connectivity index (χ3n) is 5.07. The van der Waals surface area contributed by atoms with Gasteiger partial charge in [-0.15, -0.1) is 0 Å². The second-order valence-electron chi connectivity index (χ2n) is 6.59. The largest absolute Gasteiger partial charge is 0.335 e. The van der Waals surface area contributed by atoms with E-state index in [2.05, 4.69) is 23.6 Å². The summed E-state index contributed by atoms with van der Waals surface area (Å²) < 4.78 is 0. The molecule has 1 fully saturated rings. The Balaban J connectivity index is 2.02. The first-order chi connectivity index (χ1) is 11.7. The number of rotatable bonds is 8. The second-order valence-corrected chi connectivity index (χ2v) is 6.59. The fraction of sp³-hybridized carbons (Fsp3) is 0.571. The lowest BCUT2D eigenvalue weighted by Crippen LogP contribution is -2.45. The summed E-state index contributed by atoms with van der Waals surface area (Å²) in [4.78, 5) is 17.3. The Morgan fingerprint density at radius 2 is 1.71 bits per heavy atom. The van der Waals surface area contributed by atoms with Crippen LogP contribution < -0.4 is 0 Å². The SMILES string of the molecule is CCN(CC)CCN(C(=O)C=Cc1ccccc1)C1CCCCC1. The smallest absolute Gasteiger partial charge is 0.246 e. The number of carbonyl (C=O) groups excluding carboxylic acids is 1. The summed E-state index contributed by atoms with van der Waals surface area (Å²) >= 11 is 0. The van der Waals surface area contributed by atoms with E-state index in [1.807, 2.05) is 36.4 Å². The van der Waals surface area contributed by atoms with E-state index in [-0.39, 0.29) is 5.91 Å². The molecular weight excluding hydrogens is 296 g/mol. The summed E-state index contributed by atoms with van der Waals surface area (Å²) in [6, 6.07) is 10.5. The van der Waals surface area contributed by atoms with Crippen LogP contribution in [0.3, 0.4) is 0 Å². The number of hydrogen-bond acceptors (Lipinski definition) is 2. The molecule has 1 aliphatic rings. The van der Waals surface area contributed by atoms with E-state index in [4.69, 9.17) is 0 Å². The van der Waals surface area contributed by atoms with Gasteiger partial charge in [-0.2, -0.15) is 0 Å². The molecule has 0 unspecified atom stereocenters. The molecule has 24 heavy (non-hydrogen) atoms. The van der Waals surface area contributed by atoms with Crippen LogP contribution in [0.1, 0.15) is 51.5 Å². The second kappa shape index (κ2) is 10.3. The van der Waals surface area contributed by atoms with Gasteiger partial charge in [-0.3, -0.25) is 4.79 Å². The topological polar surface area (TPSA) is 23.6 Å². The number of likely N-dealkylation sites (N-methyl/N-ethyl adjacent to an activating group) is 1. The van der Waals surface area contributed by atoms with Crippen LogP contribution in [-0.4, -0.2) is 47.9 Å². The van der Waals surface area contributed by atoms with Gasteiger partial charge in [0.25, 0.3) is 0 Å². The Kier molecular flexibility index (Phi) is 8.03. The summed E-state index contributed by atoms with van der Waals surface area (Å²) in [6.45, 7) is 8.27. The monoisotopic (exact) mass is 328 g/mol. The van der Waals surface area contributed by atoms with E-state index in [1.54, 1.807) is 6.08 Å². The molecule has 0 spiro atoms. The Labute approximate surface area is 147 Å². The van der Waals surface area contributed by atoms with Crippen LogP contribution in [0.15, 0.2) is 36.4 Å². The molecule has 0 heterocycles. The van der Waals surface area contributed by atoms with Crippen LogP contribution >= 0.6 is 0 Å². The lowest BCUT2D eigenvalue weighted by molar-refractivity contribution is -0.129. The Hall–Kier alpha value is -1.61. The van der Waals surface area contributed by atoms with Crippen LogP contribution in [0.5, 0.6) is 0 Å². The van der Waals surface area contributed by atoms with Crippen molar-refractivity contribution in [3.05, 3.63) is 42.0 Å². The van der Waals surface area contributed by atoms with Crippen molar-refractivity contribution in [2.45, 2.75) is 52.0 Å². The van der Waals surface area contributed by atoms with E-state index >= 15 is 0 Å². The number of benzene rings is 1. The van der Waals surface area contributed by atoms with Crippen molar-refractivity contribution in [1.82, 2.24) is 9.80 Å². The fourth-order valence-electron chi connectivity index (χ4n) is 3.48. The molecule has 1 amide bonds. The highest BCUT2D eigenvalue weighted by molar-refractivity contribution is 5.92. The fourth-order valence-corrected chi connectivity index (χ4v) is 3.48. The van der Waals surface area contributed by atoms with Crippen LogP contribution in [0.2, 0.25) is 0 Å². The van der Waals surface area contributed by atoms with Crippen molar-refractivity contribution in [3.63, 3.8) is 0 Å². The maximum Gasteiger partial charge on any atom is 0.246 e. The molecule has 0 radical (unpaired) electrons. The van der Waals surface area contributed by atoms with Crippen molar-refractivity contribution in [3.8, 4) is 0 Å². The zero-order valence-electron chi connectivity index (χ0n) is 15.3. The first-order valence-electron chi connectivity index (χ1n) is 9.50. The number of nitrogens with zero attached hydrogens (tertiary/aromatic N) is 2. The minimum Gasteiger partial charge on any atom is -0.335 e. The van der Waals surface area contributed by atoms with E-state index in [9.17, 15) is 4.79 Å². The van der Waals surface area contributed by atoms with Crippen molar-refractivity contribution in [2.75, 3.05) is 26.2 Å². The first-order valence-corrected chi connectivity index (χ1v) is 9.50. The van der Waals surface area contributed by atoms with Gasteiger partial charge in [0.1, 0.15) is 0 Å². The Bertz CT molecular complexity index is 502. The highest BCUT2D eigenvalue weighted by Gasteiger charge is 2.24. The minimum atomic E-state index is 0.165. The summed E-state index contributed by atoms with van der Waals surface area (Å²) in [6.07, 6.45) is 9.83. The zero-order valence-corrected chi connectivity index (χ0v) is 15.3. The van der Waals surface area contributed by atoms with Crippen molar-refractivity contribution in [1.29, 1.82) is 0 Å². The molecule has 1 aromatic rings. The summed E-state index contributed by atoms with van der Waals surface area (Å²) in [5.41, 5.74) is 1.08. The third kappa shape index (κ3) is 5.79. The highest BCUT2D eigenvalue weighted by atomic mass is 16.2. The van der Waals surface area contributed by atoms with Crippen LogP contribution in [0, 0.1) is 0 Å². The summed E-state index contributed by atoms with van der Waals surface area (Å²) in [5.74, 6) is 0.165. The van der Waals surface area contributed by atoms with E-state index in [0.717, 1.165) is 44.6 Å². The van der Waals surface area contributed by atoms with Gasteiger partial charge in [0.2, 0.25) is 5.91 Å². The van der Waals surface area contributed by atoms with Crippen LogP contribution in [0.4, 0.5) is 0 Å². The molecule has 0 aromatic heterocycles. The maximum atomic E-state index is 12.8. The molecule has 0 N–H and O–H groups in total. The van der Waals surface area contributed by atoms with Gasteiger partial charge < -0.3 is 9.80 Å². The van der Waals surface area contributed by atoms with Gasteiger partial charge >= 0.3 is 0 Å². The normalized spacial score (nSPS) is 16.0. The van der Waals surface area contributed by atoms with Crippen molar-refractivity contribution < 1.29 is 4.79 Å². The standard InChI is InChI=1S/C21H32N2O/c1-3-22(4-2)17-18-23(20-13-9-6-10-14-20)21(24)16-15-19-11-7-5-8-12-19/h5,7-8,11-12,15-16,20H,3-4,6,9-10,13-14,17-18H2,1-2H3. The molecule has 1 saturated carbocycles. The van der Waals surface area contributed by atoms with Gasteiger partial charge in [0, 0.05) is 25.2 Å². The Morgan fingerprint density at radius 3 is 2.33 bits per heavy atom. The average Bonchev–Trinajstić information content (AvgIpc) is 2.65. The predicted octanol–water partition coefficient (Wildman–Crippen LogP) is 4.20. The van der Waals surface area contributed by atoms with E-state index in [0.29, 0.717) is 6.04 Å². The lowest BCUT2D eigenvalue weighted by atomic mass is 9.94. The Morgan fingerprint density at radius 1 is 1.04 bits per heavy atom. The number of carbonyl (C=O) groups is 1. The molecule has 2 rings (SSSR count). The summed E-state index contributed by atoms with van der Waals surface area (Å²) in [5, 5.41) is 0. The molecule has 1 aromatic carbocycles. The van der Waals surface area contributed by atoms with E-state index in [1.165, 1.54) is 19.3 Å². The van der Waals surface area contributed by atoms with Gasteiger partial charge in [-0.25, -0.2) is 0 Å². The molecule has 1 aliphatic carbocycles. The molecule has 0 aliphatic heterocycles. The predicted molar refractivity (Wildman–Crippen MR) is 102 cm³/mol. The number of amides is 1. The molecule has 0 saturated heterocycles. The average molecular weight is 329 g/mol. The van der Waals surface area contributed by atoms with Crippen molar-refractivity contribution >= 4 is 12.0 Å². The highest BCUT2D eigenvalue weighted by Crippen LogP contribution is 2.23. The van der Waals surface area contributed by atoms with Gasteiger partial charge in [-0.05, 0) is 37.6 Å². The lowest BCUT2D eigenvalue weighted by Gasteiger charge is -2.35. The minimum absolute atomic E-state index is 0.165. The zero-order chi connectivity index (χ0) is 17.2. The molecular formula is C21H32N2O. The quantitative estimate of drug-likeness (QED) is 0.668. The molecule has 3 nitrogen and oxygen atoms in total. The molecule has 132 valence electrons. The number of hydrogen-bond donors (Lipinski definition) is 0. The van der Waals surface area contributed by atoms with Gasteiger partial charge in [0.05, 0.1) is 0 Å². The molecule has 3 heteroatoms. The van der Waals surface area contributed by atoms with Crippen LogP contribution in [-0.2, 0) is 4.79 Å². The van der Waals surface area contributed by atoms with Gasteiger partial charge in [-0.1, -0.05) is 63.4 Å². The third-order valence-corrected chi connectivity index (χ3v) is 5.07. The molecule has 0 bridgehead atoms. The van der Waals surface area contributed by atoms with Crippen molar-refractivity contribution in [2.24, 2.45) is 0 Å². The summed E-state index contributed by atoms with van der Waals surface area (Å²) in [7, 11) is 0. The van der Waals surface area contributed by atoms with E-state index < -0.39 is 0 Å². The maximum absolute atomic E-state index is 12.8. The van der Waals surface area contributed by atoms with Crippen LogP contribution in [0.25, 0.3) is 6.08 Å². The van der Waals surface area contributed by atoms with Gasteiger partial charge in [0.15, 0.2) is 0 Å². The molecule has 0 atom stereocenters.